The first-order valence-electron chi connectivity index (χ1n) is 14.3. The average molecular weight is 651 g/mol. The molecular weight excluding hydrogens is 617 g/mol. The van der Waals surface area contributed by atoms with Crippen LogP contribution >= 0.6 is 11.8 Å². The standard InChI is InChI=1S/C31H34N6O6S2/c1-4-36(5-2)45(41,42)26-18-14-22(15-19-26)29(39)32-20-27-34-35-31(37(27)25-10-8-7-9-11-25)44-21-28(38)33-24-16-12-23(13-17-24)30(40)43-6-3/h7-19H,4-6,20-21H2,1-3H3,(H,32,39)(H,33,38). The van der Waals surface area contributed by atoms with Crippen LogP contribution in [0.3, 0.4) is 0 Å². The number of ether oxygens (including phenoxy) is 1. The monoisotopic (exact) mass is 650 g/mol. The van der Waals surface area contributed by atoms with Crippen LogP contribution in [0.4, 0.5) is 5.69 Å². The van der Waals surface area contributed by atoms with Crippen LogP contribution in [0.25, 0.3) is 5.69 Å². The Bertz CT molecular complexity index is 1720. The van der Waals surface area contributed by atoms with E-state index in [1.807, 2.05) is 30.3 Å². The van der Waals surface area contributed by atoms with Gasteiger partial charge in [0.2, 0.25) is 15.9 Å². The molecule has 0 bridgehead atoms. The Hall–Kier alpha value is -4.53. The van der Waals surface area contributed by atoms with Crippen molar-refractivity contribution in [3.8, 4) is 5.69 Å². The lowest BCUT2D eigenvalue weighted by atomic mass is 10.2. The summed E-state index contributed by atoms with van der Waals surface area (Å²) >= 11 is 1.17. The van der Waals surface area contributed by atoms with Crippen molar-refractivity contribution in [1.82, 2.24) is 24.4 Å². The maximum Gasteiger partial charge on any atom is 0.338 e. The van der Waals surface area contributed by atoms with Gasteiger partial charge in [0.1, 0.15) is 0 Å². The third-order valence-electron chi connectivity index (χ3n) is 6.59. The minimum Gasteiger partial charge on any atom is -0.462 e. The number of rotatable bonds is 14. The number of benzene rings is 3. The zero-order chi connectivity index (χ0) is 32.4. The van der Waals surface area contributed by atoms with Crippen LogP contribution in [0, 0.1) is 0 Å². The van der Waals surface area contributed by atoms with Gasteiger partial charge in [0.15, 0.2) is 11.0 Å². The molecule has 0 radical (unpaired) electrons. The van der Waals surface area contributed by atoms with Gasteiger partial charge in [-0.15, -0.1) is 10.2 Å². The van der Waals surface area contributed by atoms with Gasteiger partial charge in [0.05, 0.1) is 29.4 Å². The number of esters is 1. The van der Waals surface area contributed by atoms with Crippen LogP contribution in [-0.4, -0.2) is 70.7 Å². The molecule has 0 aliphatic heterocycles. The van der Waals surface area contributed by atoms with Gasteiger partial charge in [-0.25, -0.2) is 13.2 Å². The van der Waals surface area contributed by atoms with Crippen molar-refractivity contribution in [2.75, 3.05) is 30.8 Å². The maximum absolute atomic E-state index is 12.9. The van der Waals surface area contributed by atoms with E-state index in [1.54, 1.807) is 49.6 Å². The summed E-state index contributed by atoms with van der Waals surface area (Å²) in [5, 5.41) is 14.6. The lowest BCUT2D eigenvalue weighted by Gasteiger charge is -2.18. The number of sulfonamides is 1. The van der Waals surface area contributed by atoms with E-state index >= 15 is 0 Å². The fourth-order valence-corrected chi connectivity index (χ4v) is 6.56. The highest BCUT2D eigenvalue weighted by Gasteiger charge is 2.22. The van der Waals surface area contributed by atoms with E-state index in [1.165, 1.54) is 40.3 Å². The smallest absolute Gasteiger partial charge is 0.338 e. The number of nitrogens with one attached hydrogen (secondary N) is 2. The molecule has 0 fully saturated rings. The fraction of sp³-hybridized carbons (Fsp3) is 0.258. The third-order valence-corrected chi connectivity index (χ3v) is 9.59. The Labute approximate surface area is 266 Å². The zero-order valence-electron chi connectivity index (χ0n) is 25.1. The molecular formula is C31H34N6O6S2. The predicted molar refractivity (Wildman–Crippen MR) is 171 cm³/mol. The number of amides is 2. The molecule has 3 aromatic carbocycles. The first-order chi connectivity index (χ1) is 21.7. The molecule has 0 aliphatic carbocycles. The summed E-state index contributed by atoms with van der Waals surface area (Å²) in [5.74, 6) is -0.662. The van der Waals surface area contributed by atoms with Gasteiger partial charge >= 0.3 is 5.97 Å². The quantitative estimate of drug-likeness (QED) is 0.152. The van der Waals surface area contributed by atoms with Crippen molar-refractivity contribution >= 4 is 45.3 Å². The molecule has 45 heavy (non-hydrogen) atoms. The van der Waals surface area contributed by atoms with Crippen molar-refractivity contribution in [1.29, 1.82) is 0 Å². The van der Waals surface area contributed by atoms with E-state index in [4.69, 9.17) is 4.74 Å². The van der Waals surface area contributed by atoms with E-state index < -0.39 is 21.9 Å². The topological polar surface area (TPSA) is 153 Å². The number of aromatic nitrogens is 3. The van der Waals surface area contributed by atoms with Crippen molar-refractivity contribution in [3.63, 3.8) is 0 Å². The largest absolute Gasteiger partial charge is 0.462 e. The maximum atomic E-state index is 12.9. The molecule has 2 N–H and O–H groups in total. The van der Waals surface area contributed by atoms with Crippen LogP contribution in [0.15, 0.2) is 88.9 Å². The van der Waals surface area contributed by atoms with E-state index in [2.05, 4.69) is 20.8 Å². The van der Waals surface area contributed by atoms with E-state index in [9.17, 15) is 22.8 Å². The second kappa shape index (κ2) is 15.5. The molecule has 236 valence electrons. The summed E-state index contributed by atoms with van der Waals surface area (Å²) in [6, 6.07) is 21.5. The highest BCUT2D eigenvalue weighted by atomic mass is 32.2. The van der Waals surface area contributed by atoms with Crippen molar-refractivity contribution < 1.29 is 27.5 Å². The first kappa shape index (κ1) is 33.4. The molecule has 2 amide bonds. The summed E-state index contributed by atoms with van der Waals surface area (Å²) in [4.78, 5) is 37.6. The zero-order valence-corrected chi connectivity index (χ0v) is 26.7. The highest BCUT2D eigenvalue weighted by molar-refractivity contribution is 7.99. The molecule has 1 heterocycles. The number of para-hydroxylation sites is 1. The first-order valence-corrected chi connectivity index (χ1v) is 16.7. The summed E-state index contributed by atoms with van der Waals surface area (Å²) in [5.41, 5.74) is 1.95. The molecule has 0 unspecified atom stereocenters. The second-order valence-corrected chi connectivity index (χ2v) is 12.4. The molecule has 0 atom stereocenters. The van der Waals surface area contributed by atoms with Gasteiger partial charge in [-0.1, -0.05) is 43.8 Å². The molecule has 4 aromatic rings. The molecule has 14 heteroatoms. The lowest BCUT2D eigenvalue weighted by molar-refractivity contribution is -0.113. The molecule has 4 rings (SSSR count). The SMILES string of the molecule is CCOC(=O)c1ccc(NC(=O)CSc2nnc(CNC(=O)c3ccc(S(=O)(=O)N(CC)CC)cc3)n2-c2ccccc2)cc1. The fourth-order valence-electron chi connectivity index (χ4n) is 4.33. The number of anilines is 1. The normalized spacial score (nSPS) is 11.3. The van der Waals surface area contributed by atoms with Gasteiger partial charge in [0, 0.05) is 30.0 Å². The Morgan fingerprint density at radius 3 is 2.13 bits per heavy atom. The average Bonchev–Trinajstić information content (AvgIpc) is 3.46. The van der Waals surface area contributed by atoms with E-state index in [-0.39, 0.29) is 29.7 Å². The van der Waals surface area contributed by atoms with Crippen molar-refractivity contribution in [3.05, 3.63) is 95.8 Å². The number of thioether (sulfide) groups is 1. The van der Waals surface area contributed by atoms with Crippen LogP contribution in [0.2, 0.25) is 0 Å². The lowest BCUT2D eigenvalue weighted by Crippen LogP contribution is -2.30. The van der Waals surface area contributed by atoms with Crippen LogP contribution in [-0.2, 0) is 26.1 Å². The molecule has 0 saturated heterocycles. The van der Waals surface area contributed by atoms with Gasteiger partial charge in [0.25, 0.3) is 5.91 Å². The number of hydrogen-bond donors (Lipinski definition) is 2. The Balaban J connectivity index is 1.42. The van der Waals surface area contributed by atoms with E-state index in [0.29, 0.717) is 40.9 Å². The molecule has 1 aromatic heterocycles. The van der Waals surface area contributed by atoms with Gasteiger partial charge in [-0.3, -0.25) is 14.2 Å². The van der Waals surface area contributed by atoms with Gasteiger partial charge in [-0.2, -0.15) is 4.31 Å². The minimum atomic E-state index is -3.64. The van der Waals surface area contributed by atoms with E-state index in [0.717, 1.165) is 5.69 Å². The molecule has 0 aliphatic rings. The summed E-state index contributed by atoms with van der Waals surface area (Å²) in [6.07, 6.45) is 0. The highest BCUT2D eigenvalue weighted by Crippen LogP contribution is 2.23. The summed E-state index contributed by atoms with van der Waals surface area (Å²) in [7, 11) is -3.64. The van der Waals surface area contributed by atoms with Crippen LogP contribution in [0.5, 0.6) is 0 Å². The van der Waals surface area contributed by atoms with Gasteiger partial charge < -0.3 is 15.4 Å². The number of nitrogens with zero attached hydrogens (tertiary/aromatic N) is 4. The second-order valence-electron chi connectivity index (χ2n) is 9.50. The molecule has 12 nitrogen and oxygen atoms in total. The Morgan fingerprint density at radius 1 is 0.867 bits per heavy atom. The Kier molecular flexibility index (Phi) is 11.5. The number of carbonyl (C=O) groups excluding carboxylic acids is 3. The molecule has 0 spiro atoms. The third kappa shape index (κ3) is 8.35. The van der Waals surface area contributed by atoms with Crippen LogP contribution in [0.1, 0.15) is 47.3 Å². The molecule has 0 saturated carbocycles. The van der Waals surface area contributed by atoms with Crippen molar-refractivity contribution in [2.45, 2.75) is 37.4 Å². The Morgan fingerprint density at radius 2 is 1.51 bits per heavy atom. The number of carbonyl (C=O) groups is 3. The van der Waals surface area contributed by atoms with Crippen LogP contribution < -0.4 is 10.6 Å². The van der Waals surface area contributed by atoms with Crippen molar-refractivity contribution in [2.24, 2.45) is 0 Å². The minimum absolute atomic E-state index is 0.0275. The summed E-state index contributed by atoms with van der Waals surface area (Å²) in [6.45, 7) is 6.26. The summed E-state index contributed by atoms with van der Waals surface area (Å²) < 4.78 is 33.6. The predicted octanol–water partition coefficient (Wildman–Crippen LogP) is 4.14. The number of hydrogen-bond acceptors (Lipinski definition) is 9. The van der Waals surface area contributed by atoms with Gasteiger partial charge in [-0.05, 0) is 67.6 Å².